The lowest BCUT2D eigenvalue weighted by Crippen LogP contribution is -2.27. The van der Waals surface area contributed by atoms with Crippen LogP contribution in [0.1, 0.15) is 29.9 Å². The minimum absolute atomic E-state index is 0.0406. The Morgan fingerprint density at radius 2 is 1.82 bits per heavy atom. The van der Waals surface area contributed by atoms with Crippen molar-refractivity contribution in [3.63, 3.8) is 0 Å². The number of hydrogen-bond acceptors (Lipinski definition) is 11. The van der Waals surface area contributed by atoms with Gasteiger partial charge in [0.2, 0.25) is 5.88 Å². The zero-order valence-electron chi connectivity index (χ0n) is 22.8. The molecule has 3 N–H and O–H groups in total. The quantitative estimate of drug-likeness (QED) is 0.206. The van der Waals surface area contributed by atoms with Crippen LogP contribution in [0.2, 0.25) is 0 Å². The normalized spacial score (nSPS) is 11.3. The lowest BCUT2D eigenvalue weighted by atomic mass is 10.1. The number of likely N-dealkylation sites (N-methyl/N-ethyl adjacent to an activating group) is 1. The first-order chi connectivity index (χ1) is 19.2. The second-order valence-corrected chi connectivity index (χ2v) is 11.8. The monoisotopic (exact) mass is 594 g/mol. The number of benzene rings is 1. The van der Waals surface area contributed by atoms with Gasteiger partial charge in [0.05, 0.1) is 30.8 Å². The Kier molecular flexibility index (Phi) is 12.0. The molecule has 2 heterocycles. The number of rotatable bonds is 16. The van der Waals surface area contributed by atoms with Crippen molar-refractivity contribution in [1.82, 2.24) is 15.3 Å². The molecule has 218 valence electrons. The molecule has 0 aliphatic heterocycles. The van der Waals surface area contributed by atoms with Crippen molar-refractivity contribution in [2.45, 2.75) is 26.9 Å². The van der Waals surface area contributed by atoms with Crippen LogP contribution in [0.5, 0.6) is 11.6 Å². The Morgan fingerprint density at radius 1 is 1.12 bits per heavy atom. The summed E-state index contributed by atoms with van der Waals surface area (Å²) in [5, 5.41) is 12.3. The lowest BCUT2D eigenvalue weighted by Gasteiger charge is -2.19. The number of carbonyl (C=O) groups excluding carboxylic acids is 1. The summed E-state index contributed by atoms with van der Waals surface area (Å²) < 4.78 is 33.8. The molecule has 0 aliphatic rings. The predicted molar refractivity (Wildman–Crippen MR) is 153 cm³/mol. The summed E-state index contributed by atoms with van der Waals surface area (Å²) in [7, 11) is -1.32. The van der Waals surface area contributed by atoms with Gasteiger partial charge in [0.1, 0.15) is 24.8 Å². The van der Waals surface area contributed by atoms with Crippen molar-refractivity contribution in [2.75, 3.05) is 51.0 Å². The number of nitrogens with one attached hydrogen (secondary N) is 2. The molecule has 0 atom stereocenters. The molecule has 1 amide bonds. The maximum atomic E-state index is 12.4. The van der Waals surface area contributed by atoms with Crippen molar-refractivity contribution < 1.29 is 33.0 Å². The van der Waals surface area contributed by atoms with Gasteiger partial charge < -0.3 is 33.8 Å². The van der Waals surface area contributed by atoms with Crippen LogP contribution >= 0.6 is 18.9 Å². The minimum Gasteiger partial charge on any atom is -0.494 e. The highest BCUT2D eigenvalue weighted by atomic mass is 32.1. The average Bonchev–Trinajstić information content (AvgIpc) is 3.24. The van der Waals surface area contributed by atoms with Gasteiger partial charge in [0.15, 0.2) is 0 Å². The van der Waals surface area contributed by atoms with Crippen LogP contribution in [0.4, 0.5) is 10.6 Å². The van der Waals surface area contributed by atoms with Gasteiger partial charge in [-0.05, 0) is 37.6 Å². The summed E-state index contributed by atoms with van der Waals surface area (Å²) in [5.74, 6) is 1.36. The number of amides is 1. The van der Waals surface area contributed by atoms with Gasteiger partial charge in [-0.2, -0.15) is 0 Å². The number of pyridine rings is 1. The lowest BCUT2D eigenvalue weighted by molar-refractivity contribution is 0.140. The summed E-state index contributed by atoms with van der Waals surface area (Å²) >= 11 is 0.994. The summed E-state index contributed by atoms with van der Waals surface area (Å²) in [5.41, 5.74) is 1.67. The van der Waals surface area contributed by atoms with Gasteiger partial charge in [0, 0.05) is 31.8 Å². The standard InChI is InChI=1S/C26H35N4O8PS/c1-4-37-39(34,38-5-2)15-12-27-25(32)36-18-20-8-11-23(28-17-20)30(3)13-14-35-21-9-6-19(7-10-21)16-22-24(31)29-26(33)40-22/h6-11,17,31H,4-5,12-16,18H2,1-3H3,(H,27,32)(H,29,33). The second kappa shape index (κ2) is 15.4. The first kappa shape index (κ1) is 31.2. The molecule has 0 radical (unpaired) electrons. The van der Waals surface area contributed by atoms with Crippen LogP contribution in [-0.2, 0) is 31.4 Å². The fraction of sp³-hybridized carbons (Fsp3) is 0.423. The summed E-state index contributed by atoms with van der Waals surface area (Å²) in [6, 6.07) is 11.1. The second-order valence-electron chi connectivity index (χ2n) is 8.57. The van der Waals surface area contributed by atoms with Gasteiger partial charge in [-0.3, -0.25) is 14.3 Å². The van der Waals surface area contributed by atoms with Crippen LogP contribution < -0.4 is 19.8 Å². The van der Waals surface area contributed by atoms with E-state index in [1.54, 1.807) is 20.0 Å². The van der Waals surface area contributed by atoms with E-state index in [0.29, 0.717) is 30.2 Å². The zero-order chi connectivity index (χ0) is 29.0. The minimum atomic E-state index is -3.22. The average molecular weight is 595 g/mol. The topological polar surface area (TPSA) is 152 Å². The summed E-state index contributed by atoms with van der Waals surface area (Å²) in [6.45, 7) is 5.14. The third-order valence-electron chi connectivity index (χ3n) is 5.56. The van der Waals surface area contributed by atoms with Crippen molar-refractivity contribution in [3.8, 4) is 11.6 Å². The number of aromatic amines is 1. The Labute approximate surface area is 236 Å². The van der Waals surface area contributed by atoms with E-state index in [1.165, 1.54) is 0 Å². The molecule has 0 unspecified atom stereocenters. The molecule has 0 spiro atoms. The van der Waals surface area contributed by atoms with E-state index in [0.717, 1.165) is 28.3 Å². The highest BCUT2D eigenvalue weighted by Crippen LogP contribution is 2.47. The van der Waals surface area contributed by atoms with Gasteiger partial charge in [-0.25, -0.2) is 9.78 Å². The maximum Gasteiger partial charge on any atom is 0.407 e. The molecule has 12 nitrogen and oxygen atoms in total. The molecule has 40 heavy (non-hydrogen) atoms. The maximum absolute atomic E-state index is 12.4. The molecule has 3 aromatic rings. The molecule has 0 fully saturated rings. The molecule has 0 saturated carbocycles. The van der Waals surface area contributed by atoms with E-state index in [-0.39, 0.29) is 43.3 Å². The molecule has 0 saturated heterocycles. The Bertz CT molecular complexity index is 1300. The fourth-order valence-electron chi connectivity index (χ4n) is 3.56. The molecular weight excluding hydrogens is 559 g/mol. The van der Waals surface area contributed by atoms with Crippen molar-refractivity contribution in [3.05, 3.63) is 68.3 Å². The van der Waals surface area contributed by atoms with Gasteiger partial charge >= 0.3 is 18.6 Å². The number of nitrogens with zero attached hydrogens (tertiary/aromatic N) is 2. The van der Waals surface area contributed by atoms with E-state index in [9.17, 15) is 19.3 Å². The predicted octanol–water partition coefficient (Wildman–Crippen LogP) is 4.14. The van der Waals surface area contributed by atoms with E-state index in [4.69, 9.17) is 18.5 Å². The van der Waals surface area contributed by atoms with Crippen LogP contribution in [0, 0.1) is 0 Å². The van der Waals surface area contributed by atoms with E-state index < -0.39 is 13.7 Å². The molecular formula is C26H35N4O8PS. The van der Waals surface area contributed by atoms with Gasteiger partial charge in [0.25, 0.3) is 0 Å². The number of ether oxygens (including phenoxy) is 2. The molecule has 0 bridgehead atoms. The zero-order valence-corrected chi connectivity index (χ0v) is 24.5. The number of carbonyl (C=O) groups is 1. The highest BCUT2D eigenvalue weighted by molar-refractivity contribution is 7.53. The Hall–Kier alpha value is -3.38. The summed E-state index contributed by atoms with van der Waals surface area (Å²) in [6.07, 6.45) is 1.52. The number of aromatic hydroxyl groups is 1. The number of thiazole rings is 1. The third kappa shape index (κ3) is 9.98. The largest absolute Gasteiger partial charge is 0.494 e. The third-order valence-corrected chi connectivity index (χ3v) is 8.51. The molecule has 14 heteroatoms. The Morgan fingerprint density at radius 3 is 2.42 bits per heavy atom. The van der Waals surface area contributed by atoms with Gasteiger partial charge in [-0.15, -0.1) is 0 Å². The number of H-pyrrole nitrogens is 1. The van der Waals surface area contributed by atoms with Crippen molar-refractivity contribution >= 4 is 30.8 Å². The highest BCUT2D eigenvalue weighted by Gasteiger charge is 2.23. The molecule has 2 aromatic heterocycles. The molecule has 1 aromatic carbocycles. The number of alkyl carbamates (subject to hydrolysis) is 1. The summed E-state index contributed by atoms with van der Waals surface area (Å²) in [4.78, 5) is 32.4. The van der Waals surface area contributed by atoms with Crippen molar-refractivity contribution in [2.24, 2.45) is 0 Å². The number of aromatic nitrogens is 2. The van der Waals surface area contributed by atoms with Crippen LogP contribution in [-0.4, -0.2) is 67.3 Å². The number of anilines is 1. The van der Waals surface area contributed by atoms with Crippen LogP contribution in [0.3, 0.4) is 0 Å². The SMILES string of the molecule is CCOP(=O)(CCNC(=O)OCc1ccc(N(C)CCOc2ccc(Cc3sc(=O)[nH]c3O)cc2)nc1)OCC. The van der Waals surface area contributed by atoms with E-state index in [1.807, 2.05) is 48.3 Å². The molecule has 3 rings (SSSR count). The van der Waals surface area contributed by atoms with E-state index >= 15 is 0 Å². The van der Waals surface area contributed by atoms with Crippen molar-refractivity contribution in [1.29, 1.82) is 0 Å². The van der Waals surface area contributed by atoms with Crippen LogP contribution in [0.25, 0.3) is 0 Å². The van der Waals surface area contributed by atoms with E-state index in [2.05, 4.69) is 15.3 Å². The van der Waals surface area contributed by atoms with Crippen LogP contribution in [0.15, 0.2) is 47.4 Å². The number of hydrogen-bond donors (Lipinski definition) is 3. The smallest absolute Gasteiger partial charge is 0.407 e. The Balaban J connectivity index is 1.36. The first-order valence-electron chi connectivity index (χ1n) is 12.8. The van der Waals surface area contributed by atoms with Gasteiger partial charge in [-0.1, -0.05) is 29.5 Å². The molecule has 0 aliphatic carbocycles. The first-order valence-corrected chi connectivity index (χ1v) is 15.3. The fourth-order valence-corrected chi connectivity index (χ4v) is 5.82.